The average molecular weight is 266 g/mol. The van der Waals surface area contributed by atoms with Crippen LogP contribution in [0, 0.1) is 17.5 Å². The van der Waals surface area contributed by atoms with Crippen LogP contribution in [0.3, 0.4) is 0 Å². The van der Waals surface area contributed by atoms with Crippen LogP contribution in [-0.4, -0.2) is 6.54 Å². The molecule has 5 heteroatoms. The normalized spacial score (nSPS) is 10.5. The van der Waals surface area contributed by atoms with Crippen molar-refractivity contribution < 1.29 is 13.2 Å². The quantitative estimate of drug-likeness (QED) is 0.833. The molecule has 0 radical (unpaired) electrons. The van der Waals surface area contributed by atoms with E-state index in [1.165, 1.54) is 6.07 Å². The maximum absolute atomic E-state index is 13.5. The van der Waals surface area contributed by atoms with Crippen molar-refractivity contribution in [1.29, 1.82) is 0 Å². The van der Waals surface area contributed by atoms with Gasteiger partial charge in [-0.15, -0.1) is 0 Å². The van der Waals surface area contributed by atoms with Gasteiger partial charge in [-0.1, -0.05) is 18.2 Å². The van der Waals surface area contributed by atoms with E-state index in [9.17, 15) is 13.2 Å². The minimum atomic E-state index is -0.758. The maximum Gasteiger partial charge on any atom is 0.151 e. The van der Waals surface area contributed by atoms with E-state index in [2.05, 4.69) is 5.32 Å². The first-order valence-corrected chi connectivity index (χ1v) is 5.79. The van der Waals surface area contributed by atoms with Crippen molar-refractivity contribution in [3.05, 3.63) is 59.4 Å². The van der Waals surface area contributed by atoms with Gasteiger partial charge in [-0.2, -0.15) is 0 Å². The largest absolute Gasteiger partial charge is 0.399 e. The Hall–Kier alpha value is -2.17. The molecule has 0 aromatic heterocycles. The summed E-state index contributed by atoms with van der Waals surface area (Å²) in [6.45, 7) is 0.221. The van der Waals surface area contributed by atoms with Crippen molar-refractivity contribution in [3.63, 3.8) is 0 Å². The summed E-state index contributed by atoms with van der Waals surface area (Å²) in [5.74, 6) is -1.85. The second-order valence-corrected chi connectivity index (χ2v) is 4.13. The third kappa shape index (κ3) is 3.19. The van der Waals surface area contributed by atoms with E-state index in [1.807, 2.05) is 0 Å². The van der Waals surface area contributed by atoms with Gasteiger partial charge >= 0.3 is 0 Å². The Labute approximate surface area is 109 Å². The molecule has 2 nitrogen and oxygen atoms in total. The molecule has 2 aromatic rings. The molecule has 0 amide bonds. The molecule has 0 unspecified atom stereocenters. The van der Waals surface area contributed by atoms with E-state index in [1.54, 1.807) is 18.2 Å². The second kappa shape index (κ2) is 5.65. The summed E-state index contributed by atoms with van der Waals surface area (Å²) in [5, 5.41) is 2.61. The Morgan fingerprint density at radius 3 is 2.21 bits per heavy atom. The Bertz CT molecular complexity index is 562. The van der Waals surface area contributed by atoms with Gasteiger partial charge in [-0.05, 0) is 30.2 Å². The van der Waals surface area contributed by atoms with Crippen LogP contribution in [0.4, 0.5) is 24.5 Å². The highest BCUT2D eigenvalue weighted by Gasteiger charge is 2.10. The van der Waals surface area contributed by atoms with Crippen molar-refractivity contribution in [3.8, 4) is 0 Å². The third-order valence-corrected chi connectivity index (χ3v) is 2.72. The smallest absolute Gasteiger partial charge is 0.151 e. The molecule has 0 aliphatic carbocycles. The molecule has 2 rings (SSSR count). The lowest BCUT2D eigenvalue weighted by Gasteiger charge is -2.10. The summed E-state index contributed by atoms with van der Waals surface area (Å²) < 4.78 is 40.3. The fourth-order valence-corrected chi connectivity index (χ4v) is 1.78. The van der Waals surface area contributed by atoms with E-state index in [0.717, 1.165) is 12.1 Å². The van der Waals surface area contributed by atoms with Crippen LogP contribution in [0.2, 0.25) is 0 Å². The van der Waals surface area contributed by atoms with Crippen LogP contribution in [0.25, 0.3) is 0 Å². The molecule has 100 valence electrons. The summed E-state index contributed by atoms with van der Waals surface area (Å²) >= 11 is 0. The van der Waals surface area contributed by atoms with Crippen LogP contribution >= 0.6 is 0 Å². The first kappa shape index (κ1) is 13.3. The number of hydrogen-bond acceptors (Lipinski definition) is 2. The molecule has 2 aromatic carbocycles. The van der Waals surface area contributed by atoms with Gasteiger partial charge in [0.05, 0.1) is 0 Å². The summed E-state index contributed by atoms with van der Waals surface area (Å²) in [4.78, 5) is 0. The molecule has 3 N–H and O–H groups in total. The average Bonchev–Trinajstić information content (AvgIpc) is 2.34. The van der Waals surface area contributed by atoms with Crippen molar-refractivity contribution in [2.45, 2.75) is 6.42 Å². The number of benzene rings is 2. The summed E-state index contributed by atoms with van der Waals surface area (Å²) in [6, 6.07) is 8.35. The minimum absolute atomic E-state index is 0.0228. The van der Waals surface area contributed by atoms with Crippen molar-refractivity contribution in [1.82, 2.24) is 0 Å². The lowest BCUT2D eigenvalue weighted by atomic mass is 10.1. The number of nitrogens with one attached hydrogen (secondary N) is 1. The molecule has 0 heterocycles. The highest BCUT2D eigenvalue weighted by molar-refractivity contribution is 5.54. The van der Waals surface area contributed by atoms with E-state index in [4.69, 9.17) is 5.73 Å². The number of nitrogen functional groups attached to an aromatic ring is 1. The number of anilines is 2. The van der Waals surface area contributed by atoms with Gasteiger partial charge < -0.3 is 11.1 Å². The zero-order valence-corrected chi connectivity index (χ0v) is 10.1. The van der Waals surface area contributed by atoms with Crippen LogP contribution < -0.4 is 11.1 Å². The predicted molar refractivity (Wildman–Crippen MR) is 69.4 cm³/mol. The van der Waals surface area contributed by atoms with Gasteiger partial charge in [-0.25, -0.2) is 13.2 Å². The Balaban J connectivity index is 2.02. The minimum Gasteiger partial charge on any atom is -0.399 e. The van der Waals surface area contributed by atoms with Crippen LogP contribution in [-0.2, 0) is 6.42 Å². The van der Waals surface area contributed by atoms with Crippen molar-refractivity contribution >= 4 is 11.4 Å². The summed E-state index contributed by atoms with van der Waals surface area (Å²) in [5.41, 5.74) is 5.58. The molecule has 0 bridgehead atoms. The van der Waals surface area contributed by atoms with Gasteiger partial charge in [0.15, 0.2) is 11.6 Å². The number of hydrogen-bond donors (Lipinski definition) is 2. The molecule has 0 aliphatic rings. The monoisotopic (exact) mass is 266 g/mol. The van der Waals surface area contributed by atoms with Gasteiger partial charge in [0, 0.05) is 12.2 Å². The second-order valence-electron chi connectivity index (χ2n) is 4.13. The standard InChI is InChI=1S/C14H13F3N2/c15-11-4-2-1-3-9(11)5-6-19-14-12(16)7-10(18)8-13(14)17/h1-4,7-8,19H,5-6,18H2. The first-order valence-electron chi connectivity index (χ1n) is 5.79. The molecule has 0 aliphatic heterocycles. The number of nitrogens with two attached hydrogens (primary N) is 1. The molecule has 0 spiro atoms. The Morgan fingerprint density at radius 1 is 0.947 bits per heavy atom. The number of halogens is 3. The van der Waals surface area contributed by atoms with Gasteiger partial charge in [0.25, 0.3) is 0 Å². The van der Waals surface area contributed by atoms with Gasteiger partial charge in [0.2, 0.25) is 0 Å². The SMILES string of the molecule is Nc1cc(F)c(NCCc2ccccc2F)c(F)c1. The first-order chi connectivity index (χ1) is 9.08. The van der Waals surface area contributed by atoms with E-state index >= 15 is 0 Å². The fraction of sp³-hybridized carbons (Fsp3) is 0.143. The topological polar surface area (TPSA) is 38.0 Å². The maximum atomic E-state index is 13.5. The summed E-state index contributed by atoms with van der Waals surface area (Å²) in [7, 11) is 0. The molecular formula is C14H13F3N2. The van der Waals surface area contributed by atoms with E-state index in [0.29, 0.717) is 12.0 Å². The Kier molecular flexibility index (Phi) is 3.94. The van der Waals surface area contributed by atoms with Crippen molar-refractivity contribution in [2.24, 2.45) is 0 Å². The van der Waals surface area contributed by atoms with E-state index in [-0.39, 0.29) is 23.7 Å². The van der Waals surface area contributed by atoms with Gasteiger partial charge in [-0.3, -0.25) is 0 Å². The third-order valence-electron chi connectivity index (χ3n) is 2.72. The predicted octanol–water partition coefficient (Wildman–Crippen LogP) is 3.34. The summed E-state index contributed by atoms with van der Waals surface area (Å²) in [6.07, 6.45) is 0.329. The molecule has 0 saturated carbocycles. The zero-order valence-electron chi connectivity index (χ0n) is 10.1. The lowest BCUT2D eigenvalue weighted by Crippen LogP contribution is -2.09. The molecule has 0 saturated heterocycles. The molecule has 0 atom stereocenters. The number of rotatable bonds is 4. The van der Waals surface area contributed by atoms with Crippen LogP contribution in [0.15, 0.2) is 36.4 Å². The highest BCUT2D eigenvalue weighted by Crippen LogP contribution is 2.21. The van der Waals surface area contributed by atoms with Crippen LogP contribution in [0.1, 0.15) is 5.56 Å². The van der Waals surface area contributed by atoms with Gasteiger partial charge in [0.1, 0.15) is 11.5 Å². The Morgan fingerprint density at radius 2 is 1.58 bits per heavy atom. The molecule has 0 fully saturated rings. The molecular weight excluding hydrogens is 253 g/mol. The van der Waals surface area contributed by atoms with Crippen molar-refractivity contribution in [2.75, 3.05) is 17.6 Å². The highest BCUT2D eigenvalue weighted by atomic mass is 19.1. The lowest BCUT2D eigenvalue weighted by molar-refractivity contribution is 0.588. The molecule has 19 heavy (non-hydrogen) atoms. The van der Waals surface area contributed by atoms with E-state index < -0.39 is 11.6 Å². The fourth-order valence-electron chi connectivity index (χ4n) is 1.78. The van der Waals surface area contributed by atoms with Crippen LogP contribution in [0.5, 0.6) is 0 Å². The zero-order chi connectivity index (χ0) is 13.8.